The smallest absolute Gasteiger partial charge is 0.269 e. The van der Waals surface area contributed by atoms with Crippen LogP contribution in [0.25, 0.3) is 11.4 Å². The number of benzene rings is 2. The minimum absolute atomic E-state index is 0.0659. The molecule has 24 heavy (non-hydrogen) atoms. The summed E-state index contributed by atoms with van der Waals surface area (Å²) < 4.78 is 2.29. The predicted molar refractivity (Wildman–Crippen MR) is 96.0 cm³/mol. The van der Waals surface area contributed by atoms with Crippen molar-refractivity contribution in [2.75, 3.05) is 5.84 Å². The summed E-state index contributed by atoms with van der Waals surface area (Å²) in [5, 5.41) is 19.6. The number of nitro groups is 1. The lowest BCUT2D eigenvalue weighted by Gasteiger charge is -2.05. The highest BCUT2D eigenvalue weighted by Gasteiger charge is 2.15. The highest BCUT2D eigenvalue weighted by molar-refractivity contribution is 9.10. The largest absolute Gasteiger partial charge is 0.335 e. The van der Waals surface area contributed by atoms with Crippen LogP contribution in [-0.2, 0) is 5.75 Å². The molecule has 0 aliphatic rings. The topological polar surface area (TPSA) is 99.9 Å². The molecular formula is C15H12BrN5O2S. The number of nitrogens with two attached hydrogens (primary N) is 1. The standard InChI is InChI=1S/C15H12BrN5O2S/c16-13-7-2-1-6-12(13)14-18-19-15(20(14)17)24-9-10-4-3-5-11(8-10)21(22)23/h1-8H,9,17H2. The molecular weight excluding hydrogens is 394 g/mol. The third-order valence-corrected chi connectivity index (χ3v) is 4.97. The minimum Gasteiger partial charge on any atom is -0.335 e. The number of nitrogen functional groups attached to an aromatic ring is 1. The number of nitrogens with zero attached hydrogens (tertiary/aromatic N) is 4. The van der Waals surface area contributed by atoms with Gasteiger partial charge >= 0.3 is 0 Å². The van der Waals surface area contributed by atoms with Crippen LogP contribution in [-0.4, -0.2) is 19.8 Å². The molecule has 2 N–H and O–H groups in total. The van der Waals surface area contributed by atoms with Gasteiger partial charge in [-0.05, 0) is 17.7 Å². The number of halogens is 1. The van der Waals surface area contributed by atoms with Crippen LogP contribution < -0.4 is 5.84 Å². The summed E-state index contributed by atoms with van der Waals surface area (Å²) in [4.78, 5) is 10.4. The van der Waals surface area contributed by atoms with Gasteiger partial charge in [-0.15, -0.1) is 10.2 Å². The highest BCUT2D eigenvalue weighted by atomic mass is 79.9. The first-order valence-corrected chi connectivity index (χ1v) is 8.65. The van der Waals surface area contributed by atoms with Crippen molar-refractivity contribution in [3.8, 4) is 11.4 Å². The van der Waals surface area contributed by atoms with E-state index in [1.807, 2.05) is 30.3 Å². The summed E-state index contributed by atoms with van der Waals surface area (Å²) in [5.41, 5.74) is 1.73. The van der Waals surface area contributed by atoms with Gasteiger partial charge in [-0.3, -0.25) is 10.1 Å². The molecule has 0 atom stereocenters. The number of non-ortho nitro benzene ring substituents is 1. The summed E-state index contributed by atoms with van der Waals surface area (Å²) in [7, 11) is 0. The predicted octanol–water partition coefficient (Wildman–Crippen LogP) is 3.62. The Morgan fingerprint density at radius 2 is 2.00 bits per heavy atom. The van der Waals surface area contributed by atoms with Gasteiger partial charge in [-0.1, -0.05) is 52.0 Å². The van der Waals surface area contributed by atoms with Gasteiger partial charge in [0.05, 0.1) is 4.92 Å². The summed E-state index contributed by atoms with van der Waals surface area (Å²) in [6.45, 7) is 0. The molecule has 0 radical (unpaired) electrons. The Labute approximate surface area is 150 Å². The van der Waals surface area contributed by atoms with E-state index in [2.05, 4.69) is 26.1 Å². The van der Waals surface area contributed by atoms with E-state index in [4.69, 9.17) is 5.84 Å². The molecule has 0 bridgehead atoms. The van der Waals surface area contributed by atoms with Gasteiger partial charge in [0.2, 0.25) is 5.16 Å². The normalized spacial score (nSPS) is 10.7. The monoisotopic (exact) mass is 405 g/mol. The molecule has 3 rings (SSSR count). The second-order valence-corrected chi connectivity index (χ2v) is 6.67. The molecule has 0 saturated heterocycles. The molecule has 122 valence electrons. The quantitative estimate of drug-likeness (QED) is 0.301. The molecule has 9 heteroatoms. The van der Waals surface area contributed by atoms with E-state index in [9.17, 15) is 10.1 Å². The summed E-state index contributed by atoms with van der Waals surface area (Å²) in [6, 6.07) is 14.1. The SMILES string of the molecule is Nn1c(SCc2cccc([N+](=O)[O-])c2)nnc1-c1ccccc1Br. The molecule has 0 aliphatic heterocycles. The molecule has 1 heterocycles. The molecule has 0 fully saturated rings. The number of hydrogen-bond donors (Lipinski definition) is 1. The first-order chi connectivity index (χ1) is 11.6. The van der Waals surface area contributed by atoms with Crippen molar-refractivity contribution in [1.29, 1.82) is 0 Å². The molecule has 0 saturated carbocycles. The zero-order valence-corrected chi connectivity index (χ0v) is 14.7. The van der Waals surface area contributed by atoms with Crippen LogP contribution in [0.15, 0.2) is 58.2 Å². The Morgan fingerprint density at radius 3 is 2.75 bits per heavy atom. The summed E-state index contributed by atoms with van der Waals surface area (Å²) in [6.07, 6.45) is 0. The molecule has 2 aromatic carbocycles. The Hall–Kier alpha value is -2.39. The number of nitro benzene ring substituents is 1. The van der Waals surface area contributed by atoms with Crippen LogP contribution in [0.2, 0.25) is 0 Å². The average molecular weight is 406 g/mol. The Kier molecular flexibility index (Phi) is 4.81. The average Bonchev–Trinajstić information content (AvgIpc) is 2.94. The van der Waals surface area contributed by atoms with E-state index in [1.165, 1.54) is 22.5 Å². The number of aromatic nitrogens is 3. The third kappa shape index (κ3) is 3.41. The Morgan fingerprint density at radius 1 is 1.21 bits per heavy atom. The van der Waals surface area contributed by atoms with E-state index < -0.39 is 4.92 Å². The van der Waals surface area contributed by atoms with Crippen molar-refractivity contribution < 1.29 is 4.92 Å². The Balaban J connectivity index is 1.79. The molecule has 7 nitrogen and oxygen atoms in total. The molecule has 0 aliphatic carbocycles. The van der Waals surface area contributed by atoms with E-state index in [0.29, 0.717) is 16.7 Å². The van der Waals surface area contributed by atoms with Gasteiger partial charge in [0.1, 0.15) is 0 Å². The summed E-state index contributed by atoms with van der Waals surface area (Å²) in [5.74, 6) is 7.14. The molecule has 0 amide bonds. The maximum Gasteiger partial charge on any atom is 0.269 e. The van der Waals surface area contributed by atoms with Crippen LogP contribution in [0.3, 0.4) is 0 Å². The van der Waals surface area contributed by atoms with Crippen LogP contribution >= 0.6 is 27.7 Å². The lowest BCUT2D eigenvalue weighted by atomic mass is 10.2. The van der Waals surface area contributed by atoms with Gasteiger partial charge in [-0.2, -0.15) is 0 Å². The maximum atomic E-state index is 10.8. The van der Waals surface area contributed by atoms with Crippen LogP contribution in [0.1, 0.15) is 5.56 Å². The fraction of sp³-hybridized carbons (Fsp3) is 0.0667. The van der Waals surface area contributed by atoms with Crippen LogP contribution in [0.4, 0.5) is 5.69 Å². The molecule has 1 aromatic heterocycles. The van der Waals surface area contributed by atoms with E-state index in [1.54, 1.807) is 12.1 Å². The molecule has 3 aromatic rings. The number of hydrogen-bond acceptors (Lipinski definition) is 6. The van der Waals surface area contributed by atoms with Crippen molar-refractivity contribution >= 4 is 33.4 Å². The zero-order chi connectivity index (χ0) is 17.1. The van der Waals surface area contributed by atoms with Crippen molar-refractivity contribution in [2.45, 2.75) is 10.9 Å². The lowest BCUT2D eigenvalue weighted by Crippen LogP contribution is -2.11. The summed E-state index contributed by atoms with van der Waals surface area (Å²) >= 11 is 4.83. The minimum atomic E-state index is -0.412. The van der Waals surface area contributed by atoms with Gasteiger partial charge in [0.25, 0.3) is 5.69 Å². The van der Waals surface area contributed by atoms with Crippen molar-refractivity contribution in [3.63, 3.8) is 0 Å². The van der Waals surface area contributed by atoms with E-state index in [-0.39, 0.29) is 5.69 Å². The number of rotatable bonds is 5. The fourth-order valence-electron chi connectivity index (χ4n) is 2.11. The lowest BCUT2D eigenvalue weighted by molar-refractivity contribution is -0.384. The maximum absolute atomic E-state index is 10.8. The second-order valence-electron chi connectivity index (χ2n) is 4.87. The first kappa shape index (κ1) is 16.5. The van der Waals surface area contributed by atoms with Crippen molar-refractivity contribution in [2.24, 2.45) is 0 Å². The van der Waals surface area contributed by atoms with E-state index >= 15 is 0 Å². The first-order valence-electron chi connectivity index (χ1n) is 6.88. The van der Waals surface area contributed by atoms with Crippen molar-refractivity contribution in [1.82, 2.24) is 14.9 Å². The molecule has 0 spiro atoms. The van der Waals surface area contributed by atoms with Crippen LogP contribution in [0, 0.1) is 10.1 Å². The van der Waals surface area contributed by atoms with Gasteiger partial charge in [-0.25, -0.2) is 4.68 Å². The zero-order valence-electron chi connectivity index (χ0n) is 12.3. The highest BCUT2D eigenvalue weighted by Crippen LogP contribution is 2.29. The van der Waals surface area contributed by atoms with Gasteiger partial charge in [0.15, 0.2) is 5.82 Å². The van der Waals surface area contributed by atoms with Crippen molar-refractivity contribution in [3.05, 3.63) is 68.7 Å². The van der Waals surface area contributed by atoms with Crippen LogP contribution in [0.5, 0.6) is 0 Å². The van der Waals surface area contributed by atoms with Gasteiger partial charge in [0, 0.05) is 27.9 Å². The van der Waals surface area contributed by atoms with E-state index in [0.717, 1.165) is 15.6 Å². The molecule has 0 unspecified atom stereocenters. The Bertz CT molecular complexity index is 899. The fourth-order valence-corrected chi connectivity index (χ4v) is 3.37. The second kappa shape index (κ2) is 7.02. The van der Waals surface area contributed by atoms with Gasteiger partial charge < -0.3 is 5.84 Å². The third-order valence-electron chi connectivity index (χ3n) is 3.27. The number of thioether (sulfide) groups is 1.